The summed E-state index contributed by atoms with van der Waals surface area (Å²) in [6, 6.07) is 0. The van der Waals surface area contributed by atoms with E-state index in [-0.39, 0.29) is 5.92 Å². The highest BCUT2D eigenvalue weighted by Crippen LogP contribution is 2.24. The van der Waals surface area contributed by atoms with E-state index in [1.54, 1.807) is 6.20 Å². The number of aliphatic hydroxyl groups excluding tert-OH is 1. The van der Waals surface area contributed by atoms with Crippen molar-refractivity contribution in [1.29, 1.82) is 0 Å². The molecule has 0 saturated carbocycles. The first-order chi connectivity index (χ1) is 6.38. The third-order valence-corrected chi connectivity index (χ3v) is 2.52. The van der Waals surface area contributed by atoms with E-state index in [0.717, 1.165) is 25.9 Å². The number of nitrogens with one attached hydrogen (secondary N) is 2. The summed E-state index contributed by atoms with van der Waals surface area (Å²) in [6.45, 7) is 1.93. The smallest absolute Gasteiger partial charge is 0.111 e. The number of H-pyrrole nitrogens is 1. The van der Waals surface area contributed by atoms with Crippen LogP contribution in [0.15, 0.2) is 6.20 Å². The van der Waals surface area contributed by atoms with Gasteiger partial charge in [0.2, 0.25) is 0 Å². The maximum Gasteiger partial charge on any atom is 0.111 e. The number of aromatic nitrogens is 3. The zero-order valence-corrected chi connectivity index (χ0v) is 7.40. The van der Waals surface area contributed by atoms with Crippen LogP contribution in [0.3, 0.4) is 0 Å². The van der Waals surface area contributed by atoms with Crippen LogP contribution in [0.5, 0.6) is 0 Å². The molecule has 1 aliphatic heterocycles. The molecule has 72 valence electrons. The van der Waals surface area contributed by atoms with Crippen molar-refractivity contribution in [3.8, 4) is 0 Å². The summed E-state index contributed by atoms with van der Waals surface area (Å²) < 4.78 is 0. The molecule has 5 nitrogen and oxygen atoms in total. The van der Waals surface area contributed by atoms with Crippen molar-refractivity contribution in [2.24, 2.45) is 5.92 Å². The highest BCUT2D eigenvalue weighted by Gasteiger charge is 2.24. The Morgan fingerprint density at radius 1 is 1.62 bits per heavy atom. The van der Waals surface area contributed by atoms with Crippen LogP contribution in [-0.2, 0) is 0 Å². The van der Waals surface area contributed by atoms with Gasteiger partial charge in [0.1, 0.15) is 11.8 Å². The van der Waals surface area contributed by atoms with Crippen LogP contribution in [0.4, 0.5) is 0 Å². The van der Waals surface area contributed by atoms with Crippen LogP contribution in [0.1, 0.15) is 24.6 Å². The maximum absolute atomic E-state index is 9.87. The van der Waals surface area contributed by atoms with Crippen LogP contribution in [0.25, 0.3) is 0 Å². The molecule has 2 rings (SSSR count). The monoisotopic (exact) mass is 182 g/mol. The average Bonchev–Trinajstić information content (AvgIpc) is 2.71. The Morgan fingerprint density at radius 2 is 2.54 bits per heavy atom. The summed E-state index contributed by atoms with van der Waals surface area (Å²) >= 11 is 0. The molecule has 3 N–H and O–H groups in total. The molecule has 2 unspecified atom stereocenters. The van der Waals surface area contributed by atoms with Gasteiger partial charge < -0.3 is 10.4 Å². The van der Waals surface area contributed by atoms with Gasteiger partial charge in [-0.25, -0.2) is 0 Å². The molecule has 1 aliphatic rings. The average molecular weight is 182 g/mol. The lowest BCUT2D eigenvalue weighted by Gasteiger charge is -2.25. The standard InChI is InChI=1S/C8H14N4O/c13-8(7-5-10-12-11-7)6-2-1-3-9-4-6/h5-6,8-9,13H,1-4H2,(H,10,11,12). The van der Waals surface area contributed by atoms with Gasteiger partial charge in [-0.2, -0.15) is 15.4 Å². The van der Waals surface area contributed by atoms with Gasteiger partial charge in [-0.15, -0.1) is 0 Å². The third kappa shape index (κ3) is 1.87. The Kier molecular flexibility index (Phi) is 2.56. The Bertz CT molecular complexity index is 243. The Morgan fingerprint density at radius 3 is 3.15 bits per heavy atom. The molecule has 0 radical (unpaired) electrons. The summed E-state index contributed by atoms with van der Waals surface area (Å²) in [5.74, 6) is 0.277. The molecule has 2 heterocycles. The fraction of sp³-hybridized carbons (Fsp3) is 0.750. The van der Waals surface area contributed by atoms with E-state index in [1.165, 1.54) is 0 Å². The maximum atomic E-state index is 9.87. The van der Waals surface area contributed by atoms with E-state index >= 15 is 0 Å². The molecule has 1 aromatic heterocycles. The zero-order chi connectivity index (χ0) is 9.10. The van der Waals surface area contributed by atoms with E-state index in [2.05, 4.69) is 20.7 Å². The first kappa shape index (κ1) is 8.65. The summed E-state index contributed by atoms with van der Waals surface area (Å²) in [4.78, 5) is 0. The summed E-state index contributed by atoms with van der Waals surface area (Å²) in [5.41, 5.74) is 0.647. The molecule has 0 bridgehead atoms. The molecule has 0 spiro atoms. The van der Waals surface area contributed by atoms with Crippen molar-refractivity contribution in [3.05, 3.63) is 11.9 Å². The minimum absolute atomic E-state index is 0.277. The van der Waals surface area contributed by atoms with Crippen molar-refractivity contribution in [3.63, 3.8) is 0 Å². The minimum Gasteiger partial charge on any atom is -0.386 e. The second-order valence-electron chi connectivity index (χ2n) is 3.45. The van der Waals surface area contributed by atoms with Crippen LogP contribution >= 0.6 is 0 Å². The van der Waals surface area contributed by atoms with E-state index in [0.29, 0.717) is 5.69 Å². The molecule has 0 aromatic carbocycles. The molecule has 1 saturated heterocycles. The van der Waals surface area contributed by atoms with E-state index < -0.39 is 6.10 Å². The number of aromatic amines is 1. The molecule has 13 heavy (non-hydrogen) atoms. The number of hydrogen-bond acceptors (Lipinski definition) is 4. The third-order valence-electron chi connectivity index (χ3n) is 2.52. The largest absolute Gasteiger partial charge is 0.386 e. The van der Waals surface area contributed by atoms with E-state index in [1.807, 2.05) is 0 Å². The molecular weight excluding hydrogens is 168 g/mol. The van der Waals surface area contributed by atoms with Gasteiger partial charge in [-0.05, 0) is 19.4 Å². The minimum atomic E-state index is -0.480. The Labute approximate surface area is 76.5 Å². The van der Waals surface area contributed by atoms with Crippen molar-refractivity contribution in [1.82, 2.24) is 20.7 Å². The molecular formula is C8H14N4O. The zero-order valence-electron chi connectivity index (χ0n) is 7.40. The van der Waals surface area contributed by atoms with E-state index in [9.17, 15) is 5.11 Å². The van der Waals surface area contributed by atoms with Crippen LogP contribution in [-0.4, -0.2) is 33.6 Å². The molecule has 2 atom stereocenters. The van der Waals surface area contributed by atoms with Gasteiger partial charge in [0.15, 0.2) is 0 Å². The Balaban J connectivity index is 1.99. The van der Waals surface area contributed by atoms with Gasteiger partial charge in [0.25, 0.3) is 0 Å². The highest BCUT2D eigenvalue weighted by molar-refractivity contribution is 4.99. The van der Waals surface area contributed by atoms with Gasteiger partial charge in [0.05, 0.1) is 6.20 Å². The summed E-state index contributed by atoms with van der Waals surface area (Å²) in [6.07, 6.45) is 3.28. The summed E-state index contributed by atoms with van der Waals surface area (Å²) in [7, 11) is 0. The van der Waals surface area contributed by atoms with E-state index in [4.69, 9.17) is 0 Å². The molecule has 1 aromatic rings. The first-order valence-corrected chi connectivity index (χ1v) is 4.62. The normalized spacial score (nSPS) is 25.8. The molecule has 1 fully saturated rings. The lowest BCUT2D eigenvalue weighted by Crippen LogP contribution is -2.33. The SMILES string of the molecule is OC(c1cn[nH]n1)C1CCCNC1. The van der Waals surface area contributed by atoms with Crippen LogP contribution in [0, 0.1) is 5.92 Å². The number of nitrogens with zero attached hydrogens (tertiary/aromatic N) is 2. The number of hydrogen-bond donors (Lipinski definition) is 3. The van der Waals surface area contributed by atoms with Crippen molar-refractivity contribution >= 4 is 0 Å². The first-order valence-electron chi connectivity index (χ1n) is 4.62. The topological polar surface area (TPSA) is 73.8 Å². The predicted octanol–water partition coefficient (Wildman–Crippen LogP) is -0.162. The van der Waals surface area contributed by atoms with Gasteiger partial charge in [0, 0.05) is 12.5 Å². The predicted molar refractivity (Wildman–Crippen MR) is 46.9 cm³/mol. The van der Waals surface area contributed by atoms with Gasteiger partial charge in [-0.1, -0.05) is 0 Å². The number of rotatable bonds is 2. The number of piperidine rings is 1. The second-order valence-corrected chi connectivity index (χ2v) is 3.45. The fourth-order valence-electron chi connectivity index (χ4n) is 1.74. The van der Waals surface area contributed by atoms with Crippen LogP contribution in [0.2, 0.25) is 0 Å². The summed E-state index contributed by atoms with van der Waals surface area (Å²) in [5, 5.41) is 23.2. The van der Waals surface area contributed by atoms with Crippen LogP contribution < -0.4 is 5.32 Å². The second kappa shape index (κ2) is 3.85. The molecule has 5 heteroatoms. The van der Waals surface area contributed by atoms with Crippen molar-refractivity contribution < 1.29 is 5.11 Å². The molecule has 0 aliphatic carbocycles. The fourth-order valence-corrected chi connectivity index (χ4v) is 1.74. The van der Waals surface area contributed by atoms with Crippen molar-refractivity contribution in [2.45, 2.75) is 18.9 Å². The van der Waals surface area contributed by atoms with Crippen molar-refractivity contribution in [2.75, 3.05) is 13.1 Å². The molecule has 0 amide bonds. The quantitative estimate of drug-likeness (QED) is 0.594. The highest BCUT2D eigenvalue weighted by atomic mass is 16.3. The Hall–Kier alpha value is -0.940. The lowest BCUT2D eigenvalue weighted by atomic mass is 9.92. The van der Waals surface area contributed by atoms with Gasteiger partial charge in [-0.3, -0.25) is 0 Å². The lowest BCUT2D eigenvalue weighted by molar-refractivity contribution is 0.0883. The van der Waals surface area contributed by atoms with Gasteiger partial charge >= 0.3 is 0 Å². The number of aliphatic hydroxyl groups is 1.